The Morgan fingerprint density at radius 1 is 1.17 bits per heavy atom. The Morgan fingerprint density at radius 3 is 2.50 bits per heavy atom. The first kappa shape index (κ1) is 12.9. The van der Waals surface area contributed by atoms with Crippen LogP contribution in [-0.2, 0) is 4.79 Å². The Hall–Kier alpha value is -1.51. The van der Waals surface area contributed by atoms with E-state index in [-0.39, 0.29) is 11.4 Å². The number of rotatable bonds is 3. The predicted molar refractivity (Wildman–Crippen MR) is 75.9 cm³/mol. The minimum atomic E-state index is -0.0315. The number of carbonyl (C=O) groups is 1. The van der Waals surface area contributed by atoms with E-state index in [0.717, 1.165) is 11.4 Å². The maximum atomic E-state index is 11.0. The van der Waals surface area contributed by atoms with E-state index >= 15 is 0 Å². The van der Waals surface area contributed by atoms with E-state index in [4.69, 9.17) is 0 Å². The zero-order valence-electron chi connectivity index (χ0n) is 11.3. The van der Waals surface area contributed by atoms with E-state index in [1.54, 1.807) is 0 Å². The van der Waals surface area contributed by atoms with Gasteiger partial charge in [-0.3, -0.25) is 4.79 Å². The van der Waals surface area contributed by atoms with Crippen LogP contribution in [0.5, 0.6) is 0 Å². The minimum absolute atomic E-state index is 0.0315. The molecule has 0 aromatic heterocycles. The Morgan fingerprint density at radius 2 is 1.83 bits per heavy atom. The van der Waals surface area contributed by atoms with Gasteiger partial charge in [0.05, 0.1) is 0 Å². The summed E-state index contributed by atoms with van der Waals surface area (Å²) in [6.45, 7) is 3.82. The zero-order chi connectivity index (χ0) is 13.0. The van der Waals surface area contributed by atoms with Crippen LogP contribution < -0.4 is 10.6 Å². The Bertz CT molecular complexity index is 422. The summed E-state index contributed by atoms with van der Waals surface area (Å²) in [7, 11) is 0. The van der Waals surface area contributed by atoms with Crippen molar-refractivity contribution in [1.82, 2.24) is 0 Å². The number of benzene rings is 1. The van der Waals surface area contributed by atoms with E-state index in [1.807, 2.05) is 18.2 Å². The molecule has 1 aliphatic carbocycles. The number of hydrogen-bond acceptors (Lipinski definition) is 2. The fraction of sp³-hybridized carbons (Fsp3) is 0.533. The van der Waals surface area contributed by atoms with Gasteiger partial charge in [-0.15, -0.1) is 0 Å². The van der Waals surface area contributed by atoms with Crippen LogP contribution in [0.4, 0.5) is 11.4 Å². The number of carbonyl (C=O) groups excluding carboxylic acids is 1. The number of anilines is 2. The number of amides is 1. The van der Waals surface area contributed by atoms with Crippen LogP contribution in [0.2, 0.25) is 0 Å². The van der Waals surface area contributed by atoms with Gasteiger partial charge in [-0.2, -0.15) is 0 Å². The quantitative estimate of drug-likeness (QED) is 0.852. The highest BCUT2D eigenvalue weighted by Crippen LogP contribution is 2.31. The average molecular weight is 246 g/mol. The Labute approximate surface area is 109 Å². The van der Waals surface area contributed by atoms with E-state index < -0.39 is 0 Å². The van der Waals surface area contributed by atoms with E-state index in [2.05, 4.69) is 23.6 Å². The lowest BCUT2D eigenvalue weighted by Gasteiger charge is -2.35. The van der Waals surface area contributed by atoms with E-state index in [9.17, 15) is 4.79 Å². The molecule has 0 atom stereocenters. The van der Waals surface area contributed by atoms with Crippen molar-refractivity contribution in [2.24, 2.45) is 0 Å². The molecular weight excluding hydrogens is 224 g/mol. The van der Waals surface area contributed by atoms with E-state index in [1.165, 1.54) is 39.0 Å². The third-order valence-corrected chi connectivity index (χ3v) is 3.59. The number of hydrogen-bond donors (Lipinski definition) is 2. The Kier molecular flexibility index (Phi) is 3.90. The second-order valence-electron chi connectivity index (χ2n) is 5.51. The largest absolute Gasteiger partial charge is 0.380 e. The highest BCUT2D eigenvalue weighted by molar-refractivity contribution is 5.89. The smallest absolute Gasteiger partial charge is 0.221 e. The summed E-state index contributed by atoms with van der Waals surface area (Å²) in [5.41, 5.74) is 2.14. The molecule has 18 heavy (non-hydrogen) atoms. The predicted octanol–water partition coefficient (Wildman–Crippen LogP) is 3.78. The van der Waals surface area contributed by atoms with Gasteiger partial charge in [0.25, 0.3) is 0 Å². The summed E-state index contributed by atoms with van der Waals surface area (Å²) in [6, 6.07) is 7.95. The van der Waals surface area contributed by atoms with Gasteiger partial charge in [0.15, 0.2) is 0 Å². The fourth-order valence-electron chi connectivity index (χ4n) is 2.68. The maximum Gasteiger partial charge on any atom is 0.221 e. The highest BCUT2D eigenvalue weighted by Gasteiger charge is 2.26. The van der Waals surface area contributed by atoms with Crippen molar-refractivity contribution >= 4 is 17.3 Å². The molecule has 0 bridgehead atoms. The van der Waals surface area contributed by atoms with Gasteiger partial charge in [-0.25, -0.2) is 0 Å². The molecule has 2 rings (SSSR count). The van der Waals surface area contributed by atoms with Gasteiger partial charge in [0, 0.05) is 23.8 Å². The molecule has 0 radical (unpaired) electrons. The molecule has 1 aromatic rings. The van der Waals surface area contributed by atoms with Crippen molar-refractivity contribution in [3.8, 4) is 0 Å². The van der Waals surface area contributed by atoms with Gasteiger partial charge in [-0.1, -0.05) is 25.3 Å². The molecule has 1 saturated carbocycles. The maximum absolute atomic E-state index is 11.0. The van der Waals surface area contributed by atoms with Crippen LogP contribution in [-0.4, -0.2) is 11.4 Å². The third-order valence-electron chi connectivity index (χ3n) is 3.59. The zero-order valence-corrected chi connectivity index (χ0v) is 11.3. The van der Waals surface area contributed by atoms with Crippen LogP contribution in [0.15, 0.2) is 24.3 Å². The van der Waals surface area contributed by atoms with Crippen LogP contribution in [0.3, 0.4) is 0 Å². The van der Waals surface area contributed by atoms with Gasteiger partial charge in [0.1, 0.15) is 0 Å². The van der Waals surface area contributed by atoms with Crippen LogP contribution >= 0.6 is 0 Å². The molecule has 0 saturated heterocycles. The van der Waals surface area contributed by atoms with Crippen molar-refractivity contribution in [3.63, 3.8) is 0 Å². The average Bonchev–Trinajstić information content (AvgIpc) is 2.28. The summed E-state index contributed by atoms with van der Waals surface area (Å²) in [6.07, 6.45) is 6.39. The molecule has 2 N–H and O–H groups in total. The molecular formula is C15H22N2O. The van der Waals surface area contributed by atoms with Crippen molar-refractivity contribution < 1.29 is 4.79 Å². The topological polar surface area (TPSA) is 41.1 Å². The van der Waals surface area contributed by atoms with Crippen molar-refractivity contribution in [3.05, 3.63) is 24.3 Å². The molecule has 1 aliphatic rings. The summed E-state index contributed by atoms with van der Waals surface area (Å²) in [5, 5.41) is 6.44. The van der Waals surface area contributed by atoms with Crippen molar-refractivity contribution in [2.45, 2.75) is 51.5 Å². The lowest BCUT2D eigenvalue weighted by atomic mass is 9.83. The molecule has 3 heteroatoms. The molecule has 98 valence electrons. The molecule has 1 aromatic carbocycles. The molecule has 0 spiro atoms. The molecule has 0 unspecified atom stereocenters. The summed E-state index contributed by atoms with van der Waals surface area (Å²) in [5.74, 6) is -0.0315. The van der Waals surface area contributed by atoms with E-state index in [0.29, 0.717) is 0 Å². The fourth-order valence-corrected chi connectivity index (χ4v) is 2.68. The van der Waals surface area contributed by atoms with Crippen molar-refractivity contribution in [2.75, 3.05) is 10.6 Å². The van der Waals surface area contributed by atoms with Gasteiger partial charge in [-0.05, 0) is 38.0 Å². The monoisotopic (exact) mass is 246 g/mol. The van der Waals surface area contributed by atoms with Gasteiger partial charge < -0.3 is 10.6 Å². The normalized spacial score (nSPS) is 18.1. The summed E-state index contributed by atoms with van der Waals surface area (Å²) < 4.78 is 0. The summed E-state index contributed by atoms with van der Waals surface area (Å²) in [4.78, 5) is 11.0. The molecule has 1 fully saturated rings. The molecule has 0 aliphatic heterocycles. The Balaban J connectivity index is 2.06. The van der Waals surface area contributed by atoms with Gasteiger partial charge >= 0.3 is 0 Å². The van der Waals surface area contributed by atoms with Crippen LogP contribution in [0.25, 0.3) is 0 Å². The first-order valence-corrected chi connectivity index (χ1v) is 6.73. The number of nitrogens with one attached hydrogen (secondary N) is 2. The minimum Gasteiger partial charge on any atom is -0.380 e. The molecule has 1 amide bonds. The van der Waals surface area contributed by atoms with Crippen molar-refractivity contribution in [1.29, 1.82) is 0 Å². The lowest BCUT2D eigenvalue weighted by molar-refractivity contribution is -0.114. The van der Waals surface area contributed by atoms with Gasteiger partial charge in [0.2, 0.25) is 5.91 Å². The first-order valence-electron chi connectivity index (χ1n) is 6.73. The molecule has 3 nitrogen and oxygen atoms in total. The SMILES string of the molecule is CC(=O)Nc1cccc(NC2(C)CCCCC2)c1. The van der Waals surface area contributed by atoms with Crippen LogP contribution in [0.1, 0.15) is 46.0 Å². The lowest BCUT2D eigenvalue weighted by Crippen LogP contribution is -2.36. The summed E-state index contributed by atoms with van der Waals surface area (Å²) >= 11 is 0. The van der Waals surface area contributed by atoms with Crippen LogP contribution in [0, 0.1) is 0 Å². The standard InChI is InChI=1S/C15H22N2O/c1-12(18)16-13-7-6-8-14(11-13)17-15(2)9-4-3-5-10-15/h6-8,11,17H,3-5,9-10H2,1-2H3,(H,16,18). The highest BCUT2D eigenvalue weighted by atomic mass is 16.1. The second-order valence-corrected chi connectivity index (χ2v) is 5.51. The molecule has 0 heterocycles. The second kappa shape index (κ2) is 5.42. The first-order chi connectivity index (χ1) is 8.57. The third kappa shape index (κ3) is 3.49.